The van der Waals surface area contributed by atoms with Gasteiger partial charge in [0.2, 0.25) is 5.95 Å². The minimum atomic E-state index is 0.619. The van der Waals surface area contributed by atoms with Gasteiger partial charge in [-0.1, -0.05) is 5.21 Å². The Hall–Kier alpha value is -2.18. The van der Waals surface area contributed by atoms with E-state index in [9.17, 15) is 0 Å². The summed E-state index contributed by atoms with van der Waals surface area (Å²) in [4.78, 5) is 8.51. The molecule has 0 spiro atoms. The molecule has 0 bridgehead atoms. The first-order chi connectivity index (χ1) is 8.28. The van der Waals surface area contributed by atoms with Gasteiger partial charge < -0.3 is 10.6 Å². The average molecular weight is 233 g/mol. The maximum atomic E-state index is 4.29. The predicted molar refractivity (Wildman–Crippen MR) is 64.8 cm³/mol. The van der Waals surface area contributed by atoms with Gasteiger partial charge in [0.25, 0.3) is 0 Å². The molecule has 2 aromatic rings. The van der Waals surface area contributed by atoms with E-state index in [4.69, 9.17) is 0 Å². The Balaban J connectivity index is 1.92. The molecular formula is C10H15N7. The van der Waals surface area contributed by atoms with E-state index in [0.717, 1.165) is 24.6 Å². The first kappa shape index (κ1) is 11.3. The van der Waals surface area contributed by atoms with Gasteiger partial charge in [-0.3, -0.25) is 4.68 Å². The monoisotopic (exact) mass is 233 g/mol. The molecule has 7 nitrogen and oxygen atoms in total. The topological polar surface area (TPSA) is 80.5 Å². The molecule has 0 atom stereocenters. The summed E-state index contributed by atoms with van der Waals surface area (Å²) in [6.07, 6.45) is 3.49. The Morgan fingerprint density at radius 1 is 1.35 bits per heavy atom. The van der Waals surface area contributed by atoms with E-state index < -0.39 is 0 Å². The number of aromatic nitrogens is 5. The Morgan fingerprint density at radius 2 is 2.24 bits per heavy atom. The van der Waals surface area contributed by atoms with Gasteiger partial charge in [-0.15, -0.1) is 5.10 Å². The largest absolute Gasteiger partial charge is 0.368 e. The molecule has 2 heterocycles. The first-order valence-electron chi connectivity index (χ1n) is 5.39. The van der Waals surface area contributed by atoms with E-state index >= 15 is 0 Å². The SMILES string of the molecule is CNc1nc(C)cc(NCCn2ccnn2)n1. The molecular weight excluding hydrogens is 218 g/mol. The molecule has 0 saturated carbocycles. The van der Waals surface area contributed by atoms with E-state index in [1.807, 2.05) is 19.2 Å². The number of nitrogens with one attached hydrogen (secondary N) is 2. The highest BCUT2D eigenvalue weighted by atomic mass is 15.4. The smallest absolute Gasteiger partial charge is 0.224 e. The fraction of sp³-hybridized carbons (Fsp3) is 0.400. The van der Waals surface area contributed by atoms with Crippen molar-refractivity contribution in [2.45, 2.75) is 13.5 Å². The minimum absolute atomic E-state index is 0.619. The van der Waals surface area contributed by atoms with E-state index in [1.54, 1.807) is 17.9 Å². The van der Waals surface area contributed by atoms with Crippen LogP contribution in [-0.4, -0.2) is 38.6 Å². The molecule has 17 heavy (non-hydrogen) atoms. The number of hydrogen-bond donors (Lipinski definition) is 2. The number of nitrogens with zero attached hydrogens (tertiary/aromatic N) is 5. The van der Waals surface area contributed by atoms with Gasteiger partial charge >= 0.3 is 0 Å². The van der Waals surface area contributed by atoms with Gasteiger partial charge in [-0.2, -0.15) is 4.98 Å². The molecule has 0 fully saturated rings. The Labute approximate surface area is 99.3 Å². The van der Waals surface area contributed by atoms with Crippen LogP contribution in [0.15, 0.2) is 18.5 Å². The summed E-state index contributed by atoms with van der Waals surface area (Å²) in [6, 6.07) is 1.90. The van der Waals surface area contributed by atoms with Gasteiger partial charge in [0.15, 0.2) is 0 Å². The van der Waals surface area contributed by atoms with E-state index in [1.165, 1.54) is 0 Å². The lowest BCUT2D eigenvalue weighted by molar-refractivity contribution is 0.608. The first-order valence-corrected chi connectivity index (χ1v) is 5.39. The van der Waals surface area contributed by atoms with Crippen molar-refractivity contribution in [3.63, 3.8) is 0 Å². The fourth-order valence-corrected chi connectivity index (χ4v) is 1.42. The fourth-order valence-electron chi connectivity index (χ4n) is 1.42. The molecule has 0 unspecified atom stereocenters. The summed E-state index contributed by atoms with van der Waals surface area (Å²) >= 11 is 0. The van der Waals surface area contributed by atoms with Crippen molar-refractivity contribution < 1.29 is 0 Å². The van der Waals surface area contributed by atoms with E-state index in [0.29, 0.717) is 5.95 Å². The highest BCUT2D eigenvalue weighted by Crippen LogP contribution is 2.08. The van der Waals surface area contributed by atoms with Crippen molar-refractivity contribution in [1.82, 2.24) is 25.0 Å². The third-order valence-electron chi connectivity index (χ3n) is 2.20. The molecule has 0 aliphatic rings. The van der Waals surface area contributed by atoms with Crippen LogP contribution < -0.4 is 10.6 Å². The zero-order valence-corrected chi connectivity index (χ0v) is 9.88. The lowest BCUT2D eigenvalue weighted by atomic mass is 10.4. The van der Waals surface area contributed by atoms with Gasteiger partial charge in [-0.25, -0.2) is 4.98 Å². The van der Waals surface area contributed by atoms with Gasteiger partial charge in [0.1, 0.15) is 5.82 Å². The third kappa shape index (κ3) is 3.13. The second-order valence-electron chi connectivity index (χ2n) is 3.56. The van der Waals surface area contributed by atoms with Crippen molar-refractivity contribution in [1.29, 1.82) is 0 Å². The quantitative estimate of drug-likeness (QED) is 0.784. The highest BCUT2D eigenvalue weighted by Gasteiger charge is 2.00. The second kappa shape index (κ2) is 5.24. The van der Waals surface area contributed by atoms with Crippen molar-refractivity contribution in [3.8, 4) is 0 Å². The molecule has 0 aromatic carbocycles. The maximum Gasteiger partial charge on any atom is 0.224 e. The van der Waals surface area contributed by atoms with E-state index in [-0.39, 0.29) is 0 Å². The molecule has 0 amide bonds. The zero-order valence-electron chi connectivity index (χ0n) is 9.88. The highest BCUT2D eigenvalue weighted by molar-refractivity contribution is 5.41. The van der Waals surface area contributed by atoms with Crippen LogP contribution in [0.1, 0.15) is 5.69 Å². The van der Waals surface area contributed by atoms with Crippen LogP contribution in [-0.2, 0) is 6.54 Å². The summed E-state index contributed by atoms with van der Waals surface area (Å²) < 4.78 is 1.76. The molecule has 7 heteroatoms. The Morgan fingerprint density at radius 3 is 2.94 bits per heavy atom. The van der Waals surface area contributed by atoms with Crippen LogP contribution in [0.3, 0.4) is 0 Å². The molecule has 0 radical (unpaired) electrons. The van der Waals surface area contributed by atoms with Gasteiger partial charge in [0.05, 0.1) is 12.7 Å². The summed E-state index contributed by atoms with van der Waals surface area (Å²) in [5.74, 6) is 1.43. The van der Waals surface area contributed by atoms with Crippen LogP contribution in [0.5, 0.6) is 0 Å². The van der Waals surface area contributed by atoms with Gasteiger partial charge in [-0.05, 0) is 6.92 Å². The summed E-state index contributed by atoms with van der Waals surface area (Å²) in [5, 5.41) is 13.8. The lowest BCUT2D eigenvalue weighted by Gasteiger charge is -2.07. The van der Waals surface area contributed by atoms with Crippen LogP contribution in [0.25, 0.3) is 0 Å². The van der Waals surface area contributed by atoms with Crippen LogP contribution >= 0.6 is 0 Å². The minimum Gasteiger partial charge on any atom is -0.368 e. The molecule has 90 valence electrons. The van der Waals surface area contributed by atoms with Gasteiger partial charge in [0, 0.05) is 31.5 Å². The maximum absolute atomic E-state index is 4.29. The van der Waals surface area contributed by atoms with Crippen molar-refractivity contribution in [3.05, 3.63) is 24.2 Å². The van der Waals surface area contributed by atoms with E-state index in [2.05, 4.69) is 30.9 Å². The second-order valence-corrected chi connectivity index (χ2v) is 3.56. The van der Waals surface area contributed by atoms with Crippen LogP contribution in [0, 0.1) is 6.92 Å². The summed E-state index contributed by atoms with van der Waals surface area (Å²) in [6.45, 7) is 3.42. The number of rotatable bonds is 5. The molecule has 0 aliphatic carbocycles. The molecule has 2 aromatic heterocycles. The van der Waals surface area contributed by atoms with Crippen molar-refractivity contribution in [2.24, 2.45) is 0 Å². The Kier molecular flexibility index (Phi) is 3.49. The van der Waals surface area contributed by atoms with Crippen molar-refractivity contribution >= 4 is 11.8 Å². The average Bonchev–Trinajstić information content (AvgIpc) is 2.81. The van der Waals surface area contributed by atoms with Crippen molar-refractivity contribution in [2.75, 3.05) is 24.2 Å². The molecule has 2 N–H and O–H groups in total. The molecule has 0 saturated heterocycles. The lowest BCUT2D eigenvalue weighted by Crippen LogP contribution is -2.12. The predicted octanol–water partition coefficient (Wildman–Crippen LogP) is 0.530. The Bertz CT molecular complexity index is 466. The molecule has 0 aliphatic heterocycles. The molecule has 2 rings (SSSR count). The summed E-state index contributed by atoms with van der Waals surface area (Å²) in [7, 11) is 1.80. The van der Waals surface area contributed by atoms with Crippen LogP contribution in [0.2, 0.25) is 0 Å². The normalized spacial score (nSPS) is 10.2. The standard InChI is InChI=1S/C10H15N7/c1-8-7-9(15-10(11-2)14-8)12-3-5-17-6-4-13-16-17/h4,6-7H,3,5H2,1-2H3,(H2,11,12,14,15). The number of hydrogen-bond acceptors (Lipinski definition) is 6. The summed E-state index contributed by atoms with van der Waals surface area (Å²) in [5.41, 5.74) is 0.924. The number of aryl methyl sites for hydroxylation is 1. The number of anilines is 2. The van der Waals surface area contributed by atoms with Crippen LogP contribution in [0.4, 0.5) is 11.8 Å². The third-order valence-corrected chi connectivity index (χ3v) is 2.20. The zero-order chi connectivity index (χ0) is 12.1.